The van der Waals surface area contributed by atoms with Crippen LogP contribution in [0.15, 0.2) is 24.3 Å². The van der Waals surface area contributed by atoms with Crippen LogP contribution in [0.1, 0.15) is 54.9 Å². The Labute approximate surface area is 183 Å². The van der Waals surface area contributed by atoms with Gasteiger partial charge in [0.05, 0.1) is 25.3 Å². The summed E-state index contributed by atoms with van der Waals surface area (Å²) in [6, 6.07) is 5.73. The summed E-state index contributed by atoms with van der Waals surface area (Å²) in [5.74, 6) is -2.03. The number of carbonyl (C=O) groups is 5. The van der Waals surface area contributed by atoms with Crippen molar-refractivity contribution < 1.29 is 33.4 Å². The molecule has 168 valence electrons. The fraction of sp³-hybridized carbons (Fsp3) is 0.318. The van der Waals surface area contributed by atoms with Gasteiger partial charge in [-0.15, -0.1) is 0 Å². The lowest BCUT2D eigenvalue weighted by Crippen LogP contribution is -2.30. The molecule has 3 amide bonds. The summed E-state index contributed by atoms with van der Waals surface area (Å²) in [5, 5.41) is 2.44. The zero-order valence-corrected chi connectivity index (χ0v) is 17.9. The first-order valence-corrected chi connectivity index (χ1v) is 9.96. The third-order valence-electron chi connectivity index (χ3n) is 5.00. The third kappa shape index (κ3) is 4.69. The third-order valence-corrected chi connectivity index (χ3v) is 5.00. The van der Waals surface area contributed by atoms with Crippen LogP contribution in [0, 0.1) is 13.8 Å². The van der Waals surface area contributed by atoms with Crippen molar-refractivity contribution in [3.63, 3.8) is 0 Å². The number of urea groups is 1. The van der Waals surface area contributed by atoms with Gasteiger partial charge in [-0.05, 0) is 44.0 Å². The molecule has 0 spiro atoms. The van der Waals surface area contributed by atoms with Crippen molar-refractivity contribution in [3.8, 4) is 0 Å². The van der Waals surface area contributed by atoms with E-state index in [1.165, 1.54) is 12.1 Å². The van der Waals surface area contributed by atoms with E-state index in [4.69, 9.17) is 9.47 Å². The SMILES string of the molecule is CCOC(=O)c1[nH]c(C)c(C(=O)COC(=O)c2ccc(CN3C(=O)CNC3=O)cc2)c1C. The Morgan fingerprint density at radius 2 is 1.72 bits per heavy atom. The van der Waals surface area contributed by atoms with Crippen molar-refractivity contribution in [1.82, 2.24) is 15.2 Å². The molecule has 32 heavy (non-hydrogen) atoms. The standard InChI is InChI=1S/C22H23N3O7/c1-4-31-21(29)19-12(2)18(13(3)24-19)16(26)11-32-20(28)15-7-5-14(6-8-15)10-25-17(27)9-23-22(25)30/h5-8,24H,4,9-11H2,1-3H3,(H,23,30). The number of Topliss-reactive ketones (excluding diaryl/α,β-unsaturated/α-hetero) is 1. The van der Waals surface area contributed by atoms with Crippen LogP contribution in [-0.2, 0) is 20.8 Å². The van der Waals surface area contributed by atoms with Gasteiger partial charge in [-0.3, -0.25) is 14.5 Å². The molecule has 1 saturated heterocycles. The van der Waals surface area contributed by atoms with Crippen LogP contribution < -0.4 is 5.32 Å². The second-order valence-corrected chi connectivity index (χ2v) is 7.18. The number of benzene rings is 1. The molecular formula is C22H23N3O7. The molecule has 2 N–H and O–H groups in total. The molecule has 1 aliphatic heterocycles. The van der Waals surface area contributed by atoms with Crippen LogP contribution in [0.2, 0.25) is 0 Å². The first-order valence-electron chi connectivity index (χ1n) is 9.96. The van der Waals surface area contributed by atoms with Gasteiger partial charge in [0.15, 0.2) is 6.61 Å². The number of ether oxygens (including phenoxy) is 2. The monoisotopic (exact) mass is 441 g/mol. The number of nitrogens with zero attached hydrogens (tertiary/aromatic N) is 1. The molecule has 0 bridgehead atoms. The van der Waals surface area contributed by atoms with E-state index < -0.39 is 30.4 Å². The Morgan fingerprint density at radius 1 is 1.03 bits per heavy atom. The minimum atomic E-state index is -0.698. The summed E-state index contributed by atoms with van der Waals surface area (Å²) >= 11 is 0. The number of imide groups is 1. The van der Waals surface area contributed by atoms with Crippen LogP contribution in [0.4, 0.5) is 4.79 Å². The average Bonchev–Trinajstić information content (AvgIpc) is 3.25. The van der Waals surface area contributed by atoms with E-state index in [2.05, 4.69) is 10.3 Å². The summed E-state index contributed by atoms with van der Waals surface area (Å²) in [5.41, 5.74) is 2.27. The molecule has 0 saturated carbocycles. The molecule has 1 aromatic heterocycles. The molecule has 1 aromatic carbocycles. The molecule has 0 unspecified atom stereocenters. The number of hydrogen-bond acceptors (Lipinski definition) is 7. The molecule has 10 heteroatoms. The smallest absolute Gasteiger partial charge is 0.355 e. The molecule has 1 aliphatic rings. The van der Waals surface area contributed by atoms with E-state index in [1.807, 2.05) is 0 Å². The molecule has 10 nitrogen and oxygen atoms in total. The Kier molecular flexibility index (Phi) is 6.72. The van der Waals surface area contributed by atoms with E-state index in [-0.39, 0.29) is 42.4 Å². The first-order chi connectivity index (χ1) is 15.2. The number of aryl methyl sites for hydroxylation is 1. The molecule has 2 heterocycles. The number of H-pyrrole nitrogens is 1. The second-order valence-electron chi connectivity index (χ2n) is 7.18. The molecule has 0 radical (unpaired) electrons. The van der Waals surface area contributed by atoms with E-state index in [1.54, 1.807) is 32.9 Å². The summed E-state index contributed by atoms with van der Waals surface area (Å²) in [4.78, 5) is 64.1. The highest BCUT2D eigenvalue weighted by Gasteiger charge is 2.28. The number of carbonyl (C=O) groups excluding carboxylic acids is 5. The Morgan fingerprint density at radius 3 is 2.31 bits per heavy atom. The number of aromatic amines is 1. The number of ketones is 1. The van der Waals surface area contributed by atoms with E-state index in [0.29, 0.717) is 16.8 Å². The highest BCUT2D eigenvalue weighted by atomic mass is 16.5. The summed E-state index contributed by atoms with van der Waals surface area (Å²) in [6.07, 6.45) is 0. The minimum Gasteiger partial charge on any atom is -0.461 e. The first kappa shape index (κ1) is 22.7. The highest BCUT2D eigenvalue weighted by Crippen LogP contribution is 2.20. The summed E-state index contributed by atoms with van der Waals surface area (Å²) in [7, 11) is 0. The predicted molar refractivity (Wildman–Crippen MR) is 111 cm³/mol. The van der Waals surface area contributed by atoms with Gasteiger partial charge < -0.3 is 19.8 Å². The number of aromatic nitrogens is 1. The summed E-state index contributed by atoms with van der Waals surface area (Å²) < 4.78 is 10.1. The number of rotatable bonds is 8. The second kappa shape index (κ2) is 9.46. The van der Waals surface area contributed by atoms with Crippen molar-refractivity contribution in [2.24, 2.45) is 0 Å². The maximum atomic E-state index is 12.6. The molecule has 1 fully saturated rings. The lowest BCUT2D eigenvalue weighted by atomic mass is 10.1. The Bertz CT molecular complexity index is 1070. The van der Waals surface area contributed by atoms with E-state index in [9.17, 15) is 24.0 Å². The lowest BCUT2D eigenvalue weighted by Gasteiger charge is -2.12. The number of hydrogen-bond donors (Lipinski definition) is 2. The maximum absolute atomic E-state index is 12.6. The fourth-order valence-electron chi connectivity index (χ4n) is 3.41. The lowest BCUT2D eigenvalue weighted by molar-refractivity contribution is -0.125. The molecule has 0 aliphatic carbocycles. The van der Waals surface area contributed by atoms with Gasteiger partial charge in [0, 0.05) is 11.3 Å². The van der Waals surface area contributed by atoms with Gasteiger partial charge in [-0.1, -0.05) is 12.1 Å². The van der Waals surface area contributed by atoms with Gasteiger partial charge in [-0.2, -0.15) is 0 Å². The van der Waals surface area contributed by atoms with E-state index >= 15 is 0 Å². The maximum Gasteiger partial charge on any atom is 0.355 e. The van der Waals surface area contributed by atoms with Crippen molar-refractivity contribution in [1.29, 1.82) is 0 Å². The van der Waals surface area contributed by atoms with Crippen LogP contribution in [0.3, 0.4) is 0 Å². The Balaban J connectivity index is 1.61. The quantitative estimate of drug-likeness (QED) is 0.363. The van der Waals surface area contributed by atoms with Gasteiger partial charge in [0.25, 0.3) is 0 Å². The summed E-state index contributed by atoms with van der Waals surface area (Å²) in [6.45, 7) is 4.72. The zero-order chi connectivity index (χ0) is 23.4. The van der Waals surface area contributed by atoms with Crippen molar-refractivity contribution in [2.45, 2.75) is 27.3 Å². The number of esters is 2. The predicted octanol–water partition coefficient (Wildman–Crippen LogP) is 1.90. The van der Waals surface area contributed by atoms with Crippen LogP contribution in [0.5, 0.6) is 0 Å². The van der Waals surface area contributed by atoms with Gasteiger partial charge in [0.2, 0.25) is 11.7 Å². The molecular weight excluding hydrogens is 418 g/mol. The Hall–Kier alpha value is -3.95. The minimum absolute atomic E-state index is 0.0291. The largest absolute Gasteiger partial charge is 0.461 e. The van der Waals surface area contributed by atoms with Crippen LogP contribution in [0.25, 0.3) is 0 Å². The number of amides is 3. The number of nitrogens with one attached hydrogen (secondary N) is 2. The van der Waals surface area contributed by atoms with Crippen molar-refractivity contribution in [2.75, 3.05) is 19.8 Å². The average molecular weight is 441 g/mol. The van der Waals surface area contributed by atoms with Crippen molar-refractivity contribution in [3.05, 3.63) is 57.9 Å². The topological polar surface area (TPSA) is 135 Å². The van der Waals surface area contributed by atoms with E-state index in [0.717, 1.165) is 4.90 Å². The van der Waals surface area contributed by atoms with Crippen LogP contribution in [-0.4, -0.2) is 59.3 Å². The van der Waals surface area contributed by atoms with Crippen LogP contribution >= 0.6 is 0 Å². The van der Waals surface area contributed by atoms with Crippen molar-refractivity contribution >= 4 is 29.7 Å². The normalized spacial score (nSPS) is 13.2. The highest BCUT2D eigenvalue weighted by molar-refractivity contribution is 6.04. The fourth-order valence-corrected chi connectivity index (χ4v) is 3.41. The molecule has 2 aromatic rings. The van der Waals surface area contributed by atoms with Gasteiger partial charge >= 0.3 is 18.0 Å². The molecule has 0 atom stereocenters. The molecule has 3 rings (SSSR count). The zero-order valence-electron chi connectivity index (χ0n) is 17.9. The van der Waals surface area contributed by atoms with Gasteiger partial charge in [0.1, 0.15) is 5.69 Å². The van der Waals surface area contributed by atoms with Gasteiger partial charge in [-0.25, -0.2) is 14.4 Å².